The van der Waals surface area contributed by atoms with Crippen molar-refractivity contribution in [3.05, 3.63) is 35.9 Å². The van der Waals surface area contributed by atoms with Crippen LogP contribution in [0.25, 0.3) is 0 Å². The van der Waals surface area contributed by atoms with Crippen molar-refractivity contribution in [3.8, 4) is 0 Å². The number of Topliss-reactive ketones (excluding diaryl/α,β-unsaturated/α-hetero) is 1. The Labute approximate surface area is 108 Å². The van der Waals surface area contributed by atoms with Crippen LogP contribution in [0.3, 0.4) is 0 Å². The van der Waals surface area contributed by atoms with Gasteiger partial charge in [0.25, 0.3) is 0 Å². The number of carbonyl (C=O) groups is 1. The van der Waals surface area contributed by atoms with Crippen LogP contribution in [0.1, 0.15) is 25.3 Å². The van der Waals surface area contributed by atoms with Gasteiger partial charge in [-0.1, -0.05) is 30.3 Å². The number of ketones is 1. The van der Waals surface area contributed by atoms with Gasteiger partial charge in [0.1, 0.15) is 5.78 Å². The zero-order chi connectivity index (χ0) is 12.8. The summed E-state index contributed by atoms with van der Waals surface area (Å²) in [5.41, 5.74) is 4.20. The first-order valence-corrected chi connectivity index (χ1v) is 6.41. The Hall–Kier alpha value is -1.23. The van der Waals surface area contributed by atoms with Gasteiger partial charge < -0.3 is 5.32 Å². The van der Waals surface area contributed by atoms with Crippen LogP contribution in [-0.2, 0) is 16.2 Å². The van der Waals surface area contributed by atoms with Crippen molar-refractivity contribution < 1.29 is 9.63 Å². The van der Waals surface area contributed by atoms with E-state index in [0.29, 0.717) is 6.61 Å². The molecule has 1 aliphatic heterocycles. The molecule has 1 unspecified atom stereocenters. The van der Waals surface area contributed by atoms with Crippen LogP contribution in [0.15, 0.2) is 30.3 Å². The number of rotatable bonds is 5. The average Bonchev–Trinajstić information content (AvgIpc) is 2.40. The second kappa shape index (κ2) is 6.64. The summed E-state index contributed by atoms with van der Waals surface area (Å²) in [6.07, 6.45) is 1.84. The summed E-state index contributed by atoms with van der Waals surface area (Å²) in [4.78, 5) is 16.7. The molecule has 1 fully saturated rings. The largest absolute Gasteiger partial charge is 0.306 e. The third-order valence-electron chi connectivity index (χ3n) is 3.24. The highest BCUT2D eigenvalue weighted by molar-refractivity contribution is 5.81. The Morgan fingerprint density at radius 2 is 2.17 bits per heavy atom. The summed E-state index contributed by atoms with van der Waals surface area (Å²) < 4.78 is 0. The molecule has 2 atom stereocenters. The minimum Gasteiger partial charge on any atom is -0.306 e. The fraction of sp³-hybridized carbons (Fsp3) is 0.500. The summed E-state index contributed by atoms with van der Waals surface area (Å²) in [6.45, 7) is 2.98. The molecular weight excluding hydrogens is 228 g/mol. The van der Waals surface area contributed by atoms with E-state index in [1.807, 2.05) is 30.3 Å². The van der Waals surface area contributed by atoms with Gasteiger partial charge in [0.2, 0.25) is 0 Å². The maximum absolute atomic E-state index is 11.2. The fourth-order valence-corrected chi connectivity index (χ4v) is 2.12. The monoisotopic (exact) mass is 248 g/mol. The Morgan fingerprint density at radius 1 is 1.39 bits per heavy atom. The van der Waals surface area contributed by atoms with Crippen molar-refractivity contribution in [1.29, 1.82) is 0 Å². The molecule has 1 aliphatic rings. The van der Waals surface area contributed by atoms with E-state index in [4.69, 9.17) is 4.84 Å². The standard InChI is InChI=1S/C14H20N2O2/c1-11(17)14-8-7-13(9-15-14)16-18-10-12-5-3-2-4-6-12/h2-6,13-16H,7-10H2,1H3/t13-,14?/m1/s1. The molecule has 1 aromatic rings. The van der Waals surface area contributed by atoms with Gasteiger partial charge >= 0.3 is 0 Å². The highest BCUT2D eigenvalue weighted by atomic mass is 16.6. The Balaban J connectivity index is 1.65. The fourth-order valence-electron chi connectivity index (χ4n) is 2.12. The smallest absolute Gasteiger partial charge is 0.146 e. The number of hydroxylamine groups is 1. The summed E-state index contributed by atoms with van der Waals surface area (Å²) in [5, 5.41) is 3.23. The van der Waals surface area contributed by atoms with E-state index in [2.05, 4.69) is 10.8 Å². The van der Waals surface area contributed by atoms with Crippen molar-refractivity contribution in [1.82, 2.24) is 10.8 Å². The Kier molecular flexibility index (Phi) is 4.87. The number of piperidine rings is 1. The summed E-state index contributed by atoms with van der Waals surface area (Å²) in [6, 6.07) is 10.4. The summed E-state index contributed by atoms with van der Waals surface area (Å²) in [5.74, 6) is 0.221. The van der Waals surface area contributed by atoms with Crippen molar-refractivity contribution in [2.24, 2.45) is 0 Å². The van der Waals surface area contributed by atoms with Gasteiger partial charge in [-0.2, -0.15) is 5.48 Å². The molecule has 0 aromatic heterocycles. The normalized spacial score (nSPS) is 23.8. The third kappa shape index (κ3) is 3.91. The van der Waals surface area contributed by atoms with E-state index in [1.54, 1.807) is 6.92 Å². The SMILES string of the molecule is CC(=O)C1CC[C@@H](NOCc2ccccc2)CN1. The van der Waals surface area contributed by atoms with E-state index >= 15 is 0 Å². The van der Waals surface area contributed by atoms with E-state index in [9.17, 15) is 4.79 Å². The molecule has 2 N–H and O–H groups in total. The van der Waals surface area contributed by atoms with Crippen molar-refractivity contribution in [2.45, 2.75) is 38.5 Å². The molecule has 0 aliphatic carbocycles. The molecule has 4 nitrogen and oxygen atoms in total. The first kappa shape index (κ1) is 13.2. The molecule has 1 saturated heterocycles. The zero-order valence-electron chi connectivity index (χ0n) is 10.7. The molecular formula is C14H20N2O2. The molecule has 0 saturated carbocycles. The minimum atomic E-state index is 0.0252. The van der Waals surface area contributed by atoms with E-state index in [0.717, 1.165) is 24.9 Å². The van der Waals surface area contributed by atoms with Crippen LogP contribution < -0.4 is 10.8 Å². The topological polar surface area (TPSA) is 50.4 Å². The van der Waals surface area contributed by atoms with Gasteiger partial charge in [0.15, 0.2) is 0 Å². The van der Waals surface area contributed by atoms with Gasteiger partial charge in [-0.25, -0.2) is 0 Å². The van der Waals surface area contributed by atoms with Crippen molar-refractivity contribution >= 4 is 5.78 Å². The Bertz CT molecular complexity index is 373. The molecule has 0 radical (unpaired) electrons. The van der Waals surface area contributed by atoms with Gasteiger partial charge in [0.05, 0.1) is 12.6 Å². The lowest BCUT2D eigenvalue weighted by atomic mass is 9.99. The highest BCUT2D eigenvalue weighted by Crippen LogP contribution is 2.09. The van der Waals surface area contributed by atoms with Gasteiger partial charge in [-0.3, -0.25) is 9.63 Å². The number of carbonyl (C=O) groups excluding carboxylic acids is 1. The molecule has 98 valence electrons. The van der Waals surface area contributed by atoms with Crippen molar-refractivity contribution in [2.75, 3.05) is 6.54 Å². The lowest BCUT2D eigenvalue weighted by Crippen LogP contribution is -2.50. The van der Waals surface area contributed by atoms with E-state index in [1.165, 1.54) is 0 Å². The van der Waals surface area contributed by atoms with E-state index < -0.39 is 0 Å². The van der Waals surface area contributed by atoms with Gasteiger partial charge in [-0.15, -0.1) is 0 Å². The first-order valence-electron chi connectivity index (χ1n) is 6.41. The van der Waals surface area contributed by atoms with Crippen LogP contribution in [0.5, 0.6) is 0 Å². The molecule has 1 heterocycles. The summed E-state index contributed by atoms with van der Waals surface area (Å²) >= 11 is 0. The van der Waals surface area contributed by atoms with Crippen LogP contribution in [0.4, 0.5) is 0 Å². The van der Waals surface area contributed by atoms with Gasteiger partial charge in [0, 0.05) is 12.6 Å². The maximum Gasteiger partial charge on any atom is 0.146 e. The first-order chi connectivity index (χ1) is 8.75. The molecule has 4 heteroatoms. The third-order valence-corrected chi connectivity index (χ3v) is 3.24. The molecule has 1 aromatic carbocycles. The predicted octanol–water partition coefficient (Wildman–Crippen LogP) is 1.42. The van der Waals surface area contributed by atoms with Crippen LogP contribution >= 0.6 is 0 Å². The Morgan fingerprint density at radius 3 is 2.78 bits per heavy atom. The predicted molar refractivity (Wildman–Crippen MR) is 69.9 cm³/mol. The van der Waals surface area contributed by atoms with Crippen LogP contribution in [-0.4, -0.2) is 24.4 Å². The van der Waals surface area contributed by atoms with Gasteiger partial charge in [-0.05, 0) is 25.3 Å². The zero-order valence-corrected chi connectivity index (χ0v) is 10.7. The summed E-state index contributed by atoms with van der Waals surface area (Å²) in [7, 11) is 0. The number of hydrogen-bond donors (Lipinski definition) is 2. The van der Waals surface area contributed by atoms with Crippen LogP contribution in [0, 0.1) is 0 Å². The van der Waals surface area contributed by atoms with Crippen molar-refractivity contribution in [3.63, 3.8) is 0 Å². The second-order valence-corrected chi connectivity index (χ2v) is 4.74. The second-order valence-electron chi connectivity index (χ2n) is 4.74. The highest BCUT2D eigenvalue weighted by Gasteiger charge is 2.22. The number of benzene rings is 1. The van der Waals surface area contributed by atoms with Crippen LogP contribution in [0.2, 0.25) is 0 Å². The van der Waals surface area contributed by atoms with E-state index in [-0.39, 0.29) is 17.9 Å². The number of hydrogen-bond acceptors (Lipinski definition) is 4. The molecule has 0 spiro atoms. The molecule has 0 bridgehead atoms. The average molecular weight is 248 g/mol. The number of nitrogens with one attached hydrogen (secondary N) is 2. The lowest BCUT2D eigenvalue weighted by molar-refractivity contribution is -0.119. The molecule has 0 amide bonds. The minimum absolute atomic E-state index is 0.0252. The quantitative estimate of drug-likeness (QED) is 0.774. The molecule has 2 rings (SSSR count). The maximum atomic E-state index is 11.2. The lowest BCUT2D eigenvalue weighted by Gasteiger charge is -2.28. The molecule has 18 heavy (non-hydrogen) atoms.